The molecular weight excluding hydrogens is 374 g/mol. The van der Waals surface area contributed by atoms with E-state index in [2.05, 4.69) is 39.3 Å². The summed E-state index contributed by atoms with van der Waals surface area (Å²) in [6.45, 7) is 11.7. The molecule has 1 aliphatic rings. The van der Waals surface area contributed by atoms with Crippen LogP contribution in [-0.2, 0) is 16.3 Å². The van der Waals surface area contributed by atoms with Gasteiger partial charge >= 0.3 is 0 Å². The SMILES string of the molecule is CCN1CCN(C(C)CNC(=NC)NCCc2ccc(S(C)(=O)=O)cc2)CC1. The third kappa shape index (κ3) is 7.07. The van der Waals surface area contributed by atoms with Gasteiger partial charge in [0.25, 0.3) is 0 Å². The summed E-state index contributed by atoms with van der Waals surface area (Å²) in [6, 6.07) is 7.52. The fraction of sp³-hybridized carbons (Fsp3) is 0.650. The number of aliphatic imine (C=N–C) groups is 1. The summed E-state index contributed by atoms with van der Waals surface area (Å²) in [5.74, 6) is 0.798. The number of sulfone groups is 1. The maximum Gasteiger partial charge on any atom is 0.191 e. The molecule has 2 N–H and O–H groups in total. The van der Waals surface area contributed by atoms with Crippen molar-refractivity contribution in [3.8, 4) is 0 Å². The number of rotatable bonds is 8. The van der Waals surface area contributed by atoms with Crippen LogP contribution in [0, 0.1) is 0 Å². The third-order valence-electron chi connectivity index (χ3n) is 5.32. The number of piperazine rings is 1. The second-order valence-electron chi connectivity index (χ2n) is 7.37. The quantitative estimate of drug-likeness (QED) is 0.489. The Bertz CT molecular complexity index is 725. The summed E-state index contributed by atoms with van der Waals surface area (Å²) in [4.78, 5) is 9.66. The Labute approximate surface area is 170 Å². The van der Waals surface area contributed by atoms with Gasteiger partial charge in [-0.25, -0.2) is 8.42 Å². The molecule has 1 saturated heterocycles. The van der Waals surface area contributed by atoms with Gasteiger partial charge < -0.3 is 15.5 Å². The minimum Gasteiger partial charge on any atom is -0.356 e. The van der Waals surface area contributed by atoms with Gasteiger partial charge in [-0.3, -0.25) is 9.89 Å². The average Bonchev–Trinajstić information content (AvgIpc) is 2.70. The Morgan fingerprint density at radius 1 is 1.14 bits per heavy atom. The molecule has 8 heteroatoms. The first-order valence-corrected chi connectivity index (χ1v) is 11.9. The Morgan fingerprint density at radius 2 is 1.79 bits per heavy atom. The lowest BCUT2D eigenvalue weighted by molar-refractivity contribution is 0.107. The highest BCUT2D eigenvalue weighted by molar-refractivity contribution is 7.90. The minimum absolute atomic E-state index is 0.357. The Hall–Kier alpha value is -1.64. The molecule has 0 amide bonds. The fourth-order valence-corrected chi connectivity index (χ4v) is 3.97. The molecule has 1 unspecified atom stereocenters. The predicted molar refractivity (Wildman–Crippen MR) is 116 cm³/mol. The van der Waals surface area contributed by atoms with Gasteiger partial charge in [0.1, 0.15) is 0 Å². The molecule has 158 valence electrons. The standard InChI is InChI=1S/C20H35N5O2S/c1-5-24-12-14-25(15-13-24)17(2)16-23-20(21-3)22-11-10-18-6-8-19(9-7-18)28(4,26)27/h6-9,17H,5,10-16H2,1-4H3,(H2,21,22,23). The van der Waals surface area contributed by atoms with Gasteiger partial charge in [-0.15, -0.1) is 0 Å². The van der Waals surface area contributed by atoms with Crippen molar-refractivity contribution in [2.75, 3.05) is 59.1 Å². The van der Waals surface area contributed by atoms with Gasteiger partial charge in [-0.1, -0.05) is 19.1 Å². The van der Waals surface area contributed by atoms with E-state index in [0.717, 1.165) is 63.8 Å². The van der Waals surface area contributed by atoms with Gasteiger partial charge in [-0.05, 0) is 37.6 Å². The molecule has 0 saturated carbocycles. The molecule has 1 aromatic rings. The van der Waals surface area contributed by atoms with Crippen LogP contribution in [0.25, 0.3) is 0 Å². The maximum atomic E-state index is 11.5. The zero-order valence-electron chi connectivity index (χ0n) is 17.6. The molecule has 2 rings (SSSR count). The van der Waals surface area contributed by atoms with Gasteiger partial charge in [0.05, 0.1) is 4.90 Å². The molecule has 1 aromatic carbocycles. The first-order chi connectivity index (χ1) is 13.3. The van der Waals surface area contributed by atoms with Crippen LogP contribution in [-0.4, -0.2) is 89.3 Å². The van der Waals surface area contributed by atoms with Crippen molar-refractivity contribution in [2.24, 2.45) is 4.99 Å². The average molecular weight is 410 g/mol. The van der Waals surface area contributed by atoms with Crippen molar-refractivity contribution in [2.45, 2.75) is 31.2 Å². The molecule has 0 aromatic heterocycles. The molecule has 1 fully saturated rings. The summed E-state index contributed by atoms with van der Waals surface area (Å²) >= 11 is 0. The molecule has 0 aliphatic carbocycles. The molecule has 0 spiro atoms. The van der Waals surface area contributed by atoms with Crippen molar-refractivity contribution >= 4 is 15.8 Å². The van der Waals surface area contributed by atoms with Crippen LogP contribution in [0.1, 0.15) is 19.4 Å². The Morgan fingerprint density at radius 3 is 2.32 bits per heavy atom. The van der Waals surface area contributed by atoms with Crippen LogP contribution in [0.15, 0.2) is 34.2 Å². The zero-order valence-corrected chi connectivity index (χ0v) is 18.4. The van der Waals surface area contributed by atoms with E-state index >= 15 is 0 Å². The number of likely N-dealkylation sites (N-methyl/N-ethyl adjacent to an activating group) is 1. The van der Waals surface area contributed by atoms with Gasteiger partial charge in [-0.2, -0.15) is 0 Å². The molecule has 1 aliphatic heterocycles. The van der Waals surface area contributed by atoms with E-state index in [9.17, 15) is 8.42 Å². The second-order valence-corrected chi connectivity index (χ2v) is 9.38. The van der Waals surface area contributed by atoms with E-state index in [-0.39, 0.29) is 0 Å². The van der Waals surface area contributed by atoms with E-state index < -0.39 is 9.84 Å². The number of nitrogens with zero attached hydrogens (tertiary/aromatic N) is 3. The molecule has 1 atom stereocenters. The first-order valence-electron chi connectivity index (χ1n) is 10.0. The van der Waals surface area contributed by atoms with Crippen LogP contribution >= 0.6 is 0 Å². The Kier molecular flexibility index (Phi) is 8.72. The summed E-state index contributed by atoms with van der Waals surface area (Å²) in [6.07, 6.45) is 2.03. The van der Waals surface area contributed by atoms with E-state index in [1.807, 2.05) is 12.1 Å². The first kappa shape index (κ1) is 22.6. The van der Waals surface area contributed by atoms with E-state index in [1.165, 1.54) is 6.26 Å². The summed E-state index contributed by atoms with van der Waals surface area (Å²) < 4.78 is 23.0. The van der Waals surface area contributed by atoms with Crippen molar-refractivity contribution in [1.29, 1.82) is 0 Å². The van der Waals surface area contributed by atoms with Gasteiger partial charge in [0.15, 0.2) is 15.8 Å². The highest BCUT2D eigenvalue weighted by atomic mass is 32.2. The monoisotopic (exact) mass is 409 g/mol. The largest absolute Gasteiger partial charge is 0.356 e. The van der Waals surface area contributed by atoms with Crippen LogP contribution in [0.4, 0.5) is 0 Å². The van der Waals surface area contributed by atoms with E-state index in [1.54, 1.807) is 19.2 Å². The third-order valence-corrected chi connectivity index (χ3v) is 6.45. The van der Waals surface area contributed by atoms with Gasteiger partial charge in [0.2, 0.25) is 0 Å². The molecule has 0 bridgehead atoms. The van der Waals surface area contributed by atoms with Gasteiger partial charge in [0, 0.05) is 58.6 Å². The molecule has 7 nitrogen and oxygen atoms in total. The molecule has 28 heavy (non-hydrogen) atoms. The van der Waals surface area contributed by atoms with Crippen LogP contribution in [0.2, 0.25) is 0 Å². The smallest absolute Gasteiger partial charge is 0.191 e. The fourth-order valence-electron chi connectivity index (χ4n) is 3.34. The lowest BCUT2D eigenvalue weighted by Gasteiger charge is -2.37. The number of benzene rings is 1. The number of nitrogens with one attached hydrogen (secondary N) is 2. The van der Waals surface area contributed by atoms with E-state index in [0.29, 0.717) is 10.9 Å². The molecular formula is C20H35N5O2S. The maximum absolute atomic E-state index is 11.5. The highest BCUT2D eigenvalue weighted by Crippen LogP contribution is 2.10. The highest BCUT2D eigenvalue weighted by Gasteiger charge is 2.20. The number of hydrogen-bond donors (Lipinski definition) is 2. The van der Waals surface area contributed by atoms with Crippen molar-refractivity contribution < 1.29 is 8.42 Å². The van der Waals surface area contributed by atoms with Crippen molar-refractivity contribution in [1.82, 2.24) is 20.4 Å². The zero-order chi connectivity index (χ0) is 20.6. The van der Waals surface area contributed by atoms with Crippen LogP contribution in [0.3, 0.4) is 0 Å². The van der Waals surface area contributed by atoms with Crippen molar-refractivity contribution in [3.63, 3.8) is 0 Å². The summed E-state index contributed by atoms with van der Waals surface area (Å²) in [7, 11) is -1.36. The topological polar surface area (TPSA) is 77.0 Å². The molecule has 0 radical (unpaired) electrons. The van der Waals surface area contributed by atoms with Crippen LogP contribution in [0.5, 0.6) is 0 Å². The lowest BCUT2D eigenvalue weighted by Crippen LogP contribution is -2.53. The lowest BCUT2D eigenvalue weighted by atomic mass is 10.1. The van der Waals surface area contributed by atoms with Crippen molar-refractivity contribution in [3.05, 3.63) is 29.8 Å². The summed E-state index contributed by atoms with van der Waals surface area (Å²) in [5, 5.41) is 6.74. The molecule has 1 heterocycles. The van der Waals surface area contributed by atoms with Crippen LogP contribution < -0.4 is 10.6 Å². The normalized spacial score (nSPS) is 18.1. The number of guanidine groups is 1. The second kappa shape index (κ2) is 10.8. The number of hydrogen-bond acceptors (Lipinski definition) is 5. The minimum atomic E-state index is -3.14. The summed E-state index contributed by atoms with van der Waals surface area (Å²) in [5.41, 5.74) is 1.09. The Balaban J connectivity index is 1.71. The van der Waals surface area contributed by atoms with E-state index in [4.69, 9.17) is 0 Å². The predicted octanol–water partition coefficient (Wildman–Crippen LogP) is 0.824.